The highest BCUT2D eigenvalue weighted by Gasteiger charge is 2.36. The highest BCUT2D eigenvalue weighted by atomic mass is 79.9. The van der Waals surface area contributed by atoms with Crippen molar-refractivity contribution in [3.05, 3.63) is 52.6 Å². The van der Waals surface area contributed by atoms with Crippen LogP contribution in [0.3, 0.4) is 0 Å². The summed E-state index contributed by atoms with van der Waals surface area (Å²) in [5.41, 5.74) is 0.708. The second-order valence-corrected chi connectivity index (χ2v) is 8.11. The number of aromatic nitrogens is 1. The Kier molecular flexibility index (Phi) is 5.36. The van der Waals surface area contributed by atoms with Crippen molar-refractivity contribution in [3.8, 4) is 0 Å². The summed E-state index contributed by atoms with van der Waals surface area (Å²) < 4.78 is 6.13. The average Bonchev–Trinajstić information content (AvgIpc) is 2.58. The maximum Gasteiger partial charge on any atom is 0.408 e. The van der Waals surface area contributed by atoms with Gasteiger partial charge in [-0.15, -0.1) is 0 Å². The molecule has 3 N–H and O–H groups in total. The van der Waals surface area contributed by atoms with Crippen molar-refractivity contribution in [2.45, 2.75) is 38.5 Å². The second kappa shape index (κ2) is 7.56. The number of carbonyl (C=O) groups is 2. The third-order valence-corrected chi connectivity index (χ3v) is 4.28. The van der Waals surface area contributed by atoms with E-state index in [1.165, 1.54) is 0 Å². The Hall–Kier alpha value is -2.61. The normalized spacial score (nSPS) is 17.2. The van der Waals surface area contributed by atoms with Gasteiger partial charge in [-0.1, -0.05) is 30.3 Å². The molecule has 0 fully saturated rings. The maximum absolute atomic E-state index is 12.7. The van der Waals surface area contributed by atoms with E-state index in [1.54, 1.807) is 33.0 Å². The Morgan fingerprint density at radius 2 is 2.00 bits per heavy atom. The summed E-state index contributed by atoms with van der Waals surface area (Å²) in [5, 5.41) is 8.77. The molecule has 2 atom stereocenters. The fourth-order valence-corrected chi connectivity index (χ4v) is 3.09. The number of nitrogens with one attached hydrogen (secondary N) is 3. The number of amides is 2. The minimum absolute atomic E-state index is 0.271. The maximum atomic E-state index is 12.7. The number of rotatable bonds is 3. The third-order valence-electron chi connectivity index (χ3n) is 3.85. The van der Waals surface area contributed by atoms with Gasteiger partial charge in [0.05, 0.1) is 11.7 Å². The zero-order chi connectivity index (χ0) is 19.6. The molecule has 2 aromatic rings. The molecule has 8 heteroatoms. The summed E-state index contributed by atoms with van der Waals surface area (Å²) in [7, 11) is 0. The van der Waals surface area contributed by atoms with Crippen LogP contribution in [0, 0.1) is 0 Å². The second-order valence-electron chi connectivity index (χ2n) is 7.20. The van der Waals surface area contributed by atoms with Gasteiger partial charge in [0.25, 0.3) is 0 Å². The highest BCUT2D eigenvalue weighted by molar-refractivity contribution is 9.10. The van der Waals surface area contributed by atoms with E-state index >= 15 is 0 Å². The van der Waals surface area contributed by atoms with Crippen LogP contribution >= 0.6 is 15.9 Å². The van der Waals surface area contributed by atoms with Crippen LogP contribution in [-0.2, 0) is 9.53 Å². The fourth-order valence-electron chi connectivity index (χ4n) is 2.76. The van der Waals surface area contributed by atoms with Crippen molar-refractivity contribution in [2.75, 3.05) is 10.6 Å². The summed E-state index contributed by atoms with van der Waals surface area (Å²) >= 11 is 3.34. The molecule has 1 aromatic heterocycles. The number of pyridine rings is 1. The molecule has 2 amide bonds. The molecule has 0 spiro atoms. The lowest BCUT2D eigenvalue weighted by atomic mass is 9.97. The Morgan fingerprint density at radius 3 is 2.67 bits per heavy atom. The van der Waals surface area contributed by atoms with Crippen molar-refractivity contribution in [1.29, 1.82) is 0 Å². The van der Waals surface area contributed by atoms with Crippen molar-refractivity contribution in [1.82, 2.24) is 10.3 Å². The number of halogens is 1. The molecule has 7 nitrogen and oxygen atoms in total. The first kappa shape index (κ1) is 19.2. The van der Waals surface area contributed by atoms with E-state index in [2.05, 4.69) is 36.9 Å². The molecule has 0 unspecified atom stereocenters. The number of hydrogen-bond acceptors (Lipinski definition) is 5. The van der Waals surface area contributed by atoms with Gasteiger partial charge in [-0.25, -0.2) is 9.78 Å². The van der Waals surface area contributed by atoms with Gasteiger partial charge < -0.3 is 20.7 Å². The van der Waals surface area contributed by atoms with Gasteiger partial charge in [0, 0.05) is 10.7 Å². The average molecular weight is 433 g/mol. The number of alkyl carbamates (subject to hydrolysis) is 1. The van der Waals surface area contributed by atoms with Gasteiger partial charge in [-0.05, 0) is 48.3 Å². The Morgan fingerprint density at radius 1 is 1.30 bits per heavy atom. The zero-order valence-electron chi connectivity index (χ0n) is 15.2. The largest absolute Gasteiger partial charge is 0.444 e. The molecule has 0 bridgehead atoms. The summed E-state index contributed by atoms with van der Waals surface area (Å²) in [6.45, 7) is 5.36. The van der Waals surface area contributed by atoms with Crippen LogP contribution < -0.4 is 16.0 Å². The van der Waals surface area contributed by atoms with Crippen LogP contribution in [0.5, 0.6) is 0 Å². The zero-order valence-corrected chi connectivity index (χ0v) is 16.8. The van der Waals surface area contributed by atoms with Crippen molar-refractivity contribution in [3.63, 3.8) is 0 Å². The van der Waals surface area contributed by atoms with E-state index in [0.29, 0.717) is 11.5 Å². The van der Waals surface area contributed by atoms with Gasteiger partial charge in [-0.3, -0.25) is 4.79 Å². The van der Waals surface area contributed by atoms with Gasteiger partial charge in [-0.2, -0.15) is 0 Å². The lowest BCUT2D eigenvalue weighted by Gasteiger charge is -2.33. The minimum Gasteiger partial charge on any atom is -0.444 e. The first-order valence-corrected chi connectivity index (χ1v) is 9.30. The first-order chi connectivity index (χ1) is 12.7. The molecule has 0 saturated heterocycles. The van der Waals surface area contributed by atoms with Crippen molar-refractivity contribution in [2.24, 2.45) is 0 Å². The molecule has 3 rings (SSSR count). The summed E-state index contributed by atoms with van der Waals surface area (Å²) in [4.78, 5) is 29.4. The van der Waals surface area contributed by atoms with E-state index in [1.807, 2.05) is 30.3 Å². The van der Waals surface area contributed by atoms with Crippen LogP contribution in [0.15, 0.2) is 47.1 Å². The smallest absolute Gasteiger partial charge is 0.408 e. The monoisotopic (exact) mass is 432 g/mol. The lowest BCUT2D eigenvalue weighted by molar-refractivity contribution is -0.117. The molecule has 0 aliphatic carbocycles. The topological polar surface area (TPSA) is 92.3 Å². The first-order valence-electron chi connectivity index (χ1n) is 8.50. The van der Waals surface area contributed by atoms with E-state index < -0.39 is 23.8 Å². The van der Waals surface area contributed by atoms with Gasteiger partial charge in [0.2, 0.25) is 5.91 Å². The standard InChI is InChI=1S/C19H21BrN4O3/c1-19(2,3)27-18(26)24-14(11-7-5-4-6-8-11)15-17(25)22-13-9-12(20)10-21-16(13)23-15/h4-10,14-15H,1-3H3,(H,21,23)(H,22,25)(H,24,26)/t14-,15+/m1/s1. The molecule has 1 aliphatic heterocycles. The van der Waals surface area contributed by atoms with Gasteiger partial charge in [0.15, 0.2) is 5.82 Å². The van der Waals surface area contributed by atoms with E-state index in [9.17, 15) is 9.59 Å². The molecular formula is C19H21BrN4O3. The molecule has 2 heterocycles. The molecule has 1 aliphatic rings. The quantitative estimate of drug-likeness (QED) is 0.684. The molecule has 1 aromatic carbocycles. The van der Waals surface area contributed by atoms with E-state index in [-0.39, 0.29) is 5.91 Å². The van der Waals surface area contributed by atoms with Crippen LogP contribution in [0.1, 0.15) is 32.4 Å². The van der Waals surface area contributed by atoms with Crippen LogP contribution in [-0.4, -0.2) is 28.6 Å². The van der Waals surface area contributed by atoms with E-state index in [4.69, 9.17) is 4.74 Å². The molecule has 27 heavy (non-hydrogen) atoms. The Balaban J connectivity index is 1.90. The molecular weight excluding hydrogens is 412 g/mol. The third kappa shape index (κ3) is 4.77. The highest BCUT2D eigenvalue weighted by Crippen LogP contribution is 2.31. The summed E-state index contributed by atoms with van der Waals surface area (Å²) in [6, 6.07) is 9.65. The Labute approximate surface area is 166 Å². The van der Waals surface area contributed by atoms with Crippen LogP contribution in [0.25, 0.3) is 0 Å². The number of anilines is 2. The molecule has 0 saturated carbocycles. The molecule has 142 valence electrons. The van der Waals surface area contributed by atoms with Crippen molar-refractivity contribution < 1.29 is 14.3 Å². The number of nitrogens with zero attached hydrogens (tertiary/aromatic N) is 1. The van der Waals surface area contributed by atoms with Gasteiger partial charge >= 0.3 is 6.09 Å². The summed E-state index contributed by atoms with van der Waals surface area (Å²) in [5.74, 6) is 0.266. The SMILES string of the molecule is CC(C)(C)OC(=O)N[C@H](c1ccccc1)[C@@H]1Nc2ncc(Br)cc2NC1=O. The number of carbonyl (C=O) groups excluding carboxylic acids is 2. The van der Waals surface area contributed by atoms with Crippen LogP contribution in [0.4, 0.5) is 16.3 Å². The minimum atomic E-state index is -0.749. The fraction of sp³-hybridized carbons (Fsp3) is 0.316. The van der Waals surface area contributed by atoms with Crippen molar-refractivity contribution >= 4 is 39.4 Å². The summed E-state index contributed by atoms with van der Waals surface area (Å²) in [6.07, 6.45) is 1.04. The predicted octanol–water partition coefficient (Wildman–Crippen LogP) is 3.84. The predicted molar refractivity (Wildman–Crippen MR) is 107 cm³/mol. The van der Waals surface area contributed by atoms with Gasteiger partial charge in [0.1, 0.15) is 11.6 Å². The number of fused-ring (bicyclic) bond motifs is 1. The van der Waals surface area contributed by atoms with Crippen LogP contribution in [0.2, 0.25) is 0 Å². The van der Waals surface area contributed by atoms with E-state index in [0.717, 1.165) is 10.0 Å². The number of ether oxygens (including phenoxy) is 1. The number of hydrogen-bond donors (Lipinski definition) is 3. The molecule has 0 radical (unpaired) electrons. The lowest BCUT2D eigenvalue weighted by Crippen LogP contribution is -2.50. The Bertz CT molecular complexity index is 852. The number of benzene rings is 1.